The molecular formula is C10H5BrFNO3. The van der Waals surface area contributed by atoms with Crippen LogP contribution in [0.5, 0.6) is 0 Å². The summed E-state index contributed by atoms with van der Waals surface area (Å²) in [5.41, 5.74) is 0.209. The highest BCUT2D eigenvalue weighted by molar-refractivity contribution is 9.10. The van der Waals surface area contributed by atoms with Crippen molar-refractivity contribution in [3.8, 4) is 11.3 Å². The Labute approximate surface area is 97.8 Å². The fourth-order valence-corrected chi connectivity index (χ4v) is 1.68. The van der Waals surface area contributed by atoms with E-state index in [9.17, 15) is 9.18 Å². The van der Waals surface area contributed by atoms with Gasteiger partial charge in [0.05, 0.1) is 6.20 Å². The van der Waals surface area contributed by atoms with E-state index in [1.165, 1.54) is 18.2 Å². The van der Waals surface area contributed by atoms with E-state index in [4.69, 9.17) is 9.63 Å². The molecule has 6 heteroatoms. The summed E-state index contributed by atoms with van der Waals surface area (Å²) < 4.78 is 18.4. The summed E-state index contributed by atoms with van der Waals surface area (Å²) in [5, 5.41) is 12.3. The zero-order valence-electron chi connectivity index (χ0n) is 7.78. The molecule has 1 aromatic heterocycles. The fourth-order valence-electron chi connectivity index (χ4n) is 1.26. The standard InChI is InChI=1S/C10H5BrFNO3/c11-8-2-1-5(12)3-6(8)9-7(10(14)15)4-13-16-9/h1-4H,(H,14,15). The number of nitrogens with zero attached hydrogens (tertiary/aromatic N) is 1. The van der Waals surface area contributed by atoms with Crippen molar-refractivity contribution in [2.24, 2.45) is 0 Å². The predicted octanol–water partition coefficient (Wildman–Crippen LogP) is 2.94. The Balaban J connectivity index is 2.62. The van der Waals surface area contributed by atoms with Crippen LogP contribution in [-0.4, -0.2) is 16.2 Å². The molecule has 82 valence electrons. The zero-order chi connectivity index (χ0) is 11.7. The van der Waals surface area contributed by atoms with Gasteiger partial charge in [-0.25, -0.2) is 9.18 Å². The third-order valence-corrected chi connectivity index (χ3v) is 2.67. The molecule has 0 amide bonds. The number of carboxylic acids is 1. The number of carboxylic acid groups (broad SMARTS) is 1. The predicted molar refractivity (Wildman–Crippen MR) is 56.6 cm³/mol. The van der Waals surface area contributed by atoms with Crippen LogP contribution in [0.3, 0.4) is 0 Å². The molecule has 1 N–H and O–H groups in total. The molecule has 2 rings (SSSR count). The highest BCUT2D eigenvalue weighted by Gasteiger charge is 2.19. The molecule has 0 aliphatic carbocycles. The maximum atomic E-state index is 13.0. The number of aromatic nitrogens is 1. The smallest absolute Gasteiger partial charge is 0.341 e. The Morgan fingerprint density at radius 3 is 2.94 bits per heavy atom. The number of benzene rings is 1. The average Bonchev–Trinajstić information content (AvgIpc) is 2.70. The summed E-state index contributed by atoms with van der Waals surface area (Å²) >= 11 is 3.19. The van der Waals surface area contributed by atoms with Crippen LogP contribution >= 0.6 is 15.9 Å². The van der Waals surface area contributed by atoms with E-state index < -0.39 is 11.8 Å². The van der Waals surface area contributed by atoms with E-state index in [-0.39, 0.29) is 11.3 Å². The minimum Gasteiger partial charge on any atom is -0.477 e. The number of hydrogen-bond donors (Lipinski definition) is 1. The van der Waals surface area contributed by atoms with Crippen molar-refractivity contribution in [3.63, 3.8) is 0 Å². The molecule has 0 atom stereocenters. The van der Waals surface area contributed by atoms with Gasteiger partial charge in [0.1, 0.15) is 11.4 Å². The molecule has 16 heavy (non-hydrogen) atoms. The number of carbonyl (C=O) groups is 1. The van der Waals surface area contributed by atoms with Crippen LogP contribution in [-0.2, 0) is 0 Å². The van der Waals surface area contributed by atoms with Gasteiger partial charge in [-0.05, 0) is 18.2 Å². The van der Waals surface area contributed by atoms with Crippen LogP contribution in [0.2, 0.25) is 0 Å². The Bertz CT molecular complexity index is 553. The second kappa shape index (κ2) is 4.05. The topological polar surface area (TPSA) is 63.3 Å². The third-order valence-electron chi connectivity index (χ3n) is 1.97. The Hall–Kier alpha value is -1.69. The van der Waals surface area contributed by atoms with Gasteiger partial charge < -0.3 is 9.63 Å². The summed E-state index contributed by atoms with van der Waals surface area (Å²) in [7, 11) is 0. The van der Waals surface area contributed by atoms with E-state index in [0.29, 0.717) is 10.0 Å². The third kappa shape index (κ3) is 1.83. The zero-order valence-corrected chi connectivity index (χ0v) is 9.36. The second-order valence-corrected chi connectivity index (χ2v) is 3.85. The molecule has 4 nitrogen and oxygen atoms in total. The lowest BCUT2D eigenvalue weighted by atomic mass is 10.1. The first-order chi connectivity index (χ1) is 7.59. The van der Waals surface area contributed by atoms with Gasteiger partial charge in [-0.15, -0.1) is 0 Å². The van der Waals surface area contributed by atoms with Gasteiger partial charge in [-0.1, -0.05) is 21.1 Å². The summed E-state index contributed by atoms with van der Waals surface area (Å²) in [6.45, 7) is 0. The molecule has 2 aromatic rings. The van der Waals surface area contributed by atoms with Gasteiger partial charge in [-0.3, -0.25) is 0 Å². The molecule has 0 radical (unpaired) electrons. The highest BCUT2D eigenvalue weighted by atomic mass is 79.9. The molecule has 0 aliphatic heterocycles. The second-order valence-electron chi connectivity index (χ2n) is 3.00. The van der Waals surface area contributed by atoms with Crippen molar-refractivity contribution in [2.45, 2.75) is 0 Å². The van der Waals surface area contributed by atoms with E-state index >= 15 is 0 Å². The molecule has 1 aromatic carbocycles. The van der Waals surface area contributed by atoms with E-state index in [1.807, 2.05) is 0 Å². The minimum atomic E-state index is -1.17. The first-order valence-electron chi connectivity index (χ1n) is 4.23. The maximum Gasteiger partial charge on any atom is 0.341 e. The molecule has 1 heterocycles. The summed E-state index contributed by atoms with van der Waals surface area (Å²) in [5.74, 6) is -1.63. The van der Waals surface area contributed by atoms with Gasteiger partial charge in [0.25, 0.3) is 0 Å². The highest BCUT2D eigenvalue weighted by Crippen LogP contribution is 2.31. The molecule has 0 spiro atoms. The fraction of sp³-hybridized carbons (Fsp3) is 0. The van der Waals surface area contributed by atoms with Crippen LogP contribution in [0.4, 0.5) is 4.39 Å². The van der Waals surface area contributed by atoms with Gasteiger partial charge in [0, 0.05) is 10.0 Å². The Morgan fingerprint density at radius 1 is 1.50 bits per heavy atom. The minimum absolute atomic E-state index is 0.0267. The quantitative estimate of drug-likeness (QED) is 0.921. The summed E-state index contributed by atoms with van der Waals surface area (Å²) in [4.78, 5) is 10.8. The largest absolute Gasteiger partial charge is 0.477 e. The first-order valence-corrected chi connectivity index (χ1v) is 5.02. The van der Waals surface area contributed by atoms with Crippen molar-refractivity contribution in [3.05, 3.63) is 40.2 Å². The number of rotatable bonds is 2. The molecule has 0 bridgehead atoms. The molecular weight excluding hydrogens is 281 g/mol. The van der Waals surface area contributed by atoms with Crippen LogP contribution in [0.1, 0.15) is 10.4 Å². The van der Waals surface area contributed by atoms with Gasteiger partial charge >= 0.3 is 5.97 Å². The van der Waals surface area contributed by atoms with Crippen LogP contribution in [0.25, 0.3) is 11.3 Å². The van der Waals surface area contributed by atoms with E-state index in [1.54, 1.807) is 0 Å². The average molecular weight is 286 g/mol. The van der Waals surface area contributed by atoms with E-state index in [0.717, 1.165) is 6.20 Å². The molecule has 0 saturated heterocycles. The van der Waals surface area contributed by atoms with E-state index in [2.05, 4.69) is 21.1 Å². The molecule has 0 unspecified atom stereocenters. The molecule has 0 saturated carbocycles. The van der Waals surface area contributed by atoms with Gasteiger partial charge in [0.2, 0.25) is 0 Å². The Kier molecular flexibility index (Phi) is 2.74. The normalized spacial score (nSPS) is 10.4. The van der Waals surface area contributed by atoms with Crippen molar-refractivity contribution in [1.82, 2.24) is 5.16 Å². The lowest BCUT2D eigenvalue weighted by Gasteiger charge is -2.01. The first kappa shape index (κ1) is 10.8. The SMILES string of the molecule is O=C(O)c1cnoc1-c1cc(F)ccc1Br. The Morgan fingerprint density at radius 2 is 2.25 bits per heavy atom. The number of aromatic carboxylic acids is 1. The van der Waals surface area contributed by atoms with Crippen LogP contribution < -0.4 is 0 Å². The van der Waals surface area contributed by atoms with Crippen molar-refractivity contribution in [2.75, 3.05) is 0 Å². The van der Waals surface area contributed by atoms with Crippen LogP contribution in [0, 0.1) is 5.82 Å². The van der Waals surface area contributed by atoms with Crippen molar-refractivity contribution < 1.29 is 18.8 Å². The number of halogens is 2. The van der Waals surface area contributed by atoms with Gasteiger partial charge in [-0.2, -0.15) is 0 Å². The van der Waals surface area contributed by atoms with Gasteiger partial charge in [0.15, 0.2) is 5.76 Å². The monoisotopic (exact) mass is 285 g/mol. The maximum absolute atomic E-state index is 13.0. The number of hydrogen-bond acceptors (Lipinski definition) is 3. The molecule has 0 fully saturated rings. The summed E-state index contributed by atoms with van der Waals surface area (Å²) in [6.07, 6.45) is 1.08. The lowest BCUT2D eigenvalue weighted by Crippen LogP contribution is -1.96. The van der Waals surface area contributed by atoms with Crippen molar-refractivity contribution >= 4 is 21.9 Å². The van der Waals surface area contributed by atoms with Crippen LogP contribution in [0.15, 0.2) is 33.4 Å². The lowest BCUT2D eigenvalue weighted by molar-refractivity contribution is 0.0697. The summed E-state index contributed by atoms with van der Waals surface area (Å²) in [6, 6.07) is 3.90. The molecule has 0 aliphatic rings. The van der Waals surface area contributed by atoms with Crippen molar-refractivity contribution in [1.29, 1.82) is 0 Å².